The molecule has 21 heavy (non-hydrogen) atoms. The molecule has 0 saturated heterocycles. The lowest BCUT2D eigenvalue weighted by atomic mass is 10.1. The lowest BCUT2D eigenvalue weighted by Gasteiger charge is -2.14. The molecule has 1 aliphatic heterocycles. The quantitative estimate of drug-likeness (QED) is 0.828. The molecule has 1 aliphatic rings. The van der Waals surface area contributed by atoms with Gasteiger partial charge in [0.15, 0.2) is 5.96 Å². The summed E-state index contributed by atoms with van der Waals surface area (Å²) in [5.74, 6) is 0.486. The van der Waals surface area contributed by atoms with Crippen LogP contribution in [0.5, 0.6) is 0 Å². The Balaban J connectivity index is 0.00000220. The SMILES string of the molecule is Cl.O=C(CCc1ccc(C(=O)Cl)cc1)NC1=NCCCN1. The Labute approximate surface area is 134 Å². The van der Waals surface area contributed by atoms with E-state index in [1.807, 2.05) is 0 Å². The van der Waals surface area contributed by atoms with Gasteiger partial charge in [0.2, 0.25) is 5.91 Å². The fraction of sp³-hybridized carbons (Fsp3) is 0.357. The standard InChI is InChI=1S/C14H16ClN3O2.ClH/c15-13(20)11-5-2-10(3-6-11)4-7-12(19)18-14-16-8-1-9-17-14;/h2-3,5-6H,1,4,7-9H2,(H2,16,17,18,19);1H. The summed E-state index contributed by atoms with van der Waals surface area (Å²) in [6.07, 6.45) is 1.97. The second kappa shape index (κ2) is 8.64. The maximum Gasteiger partial charge on any atom is 0.252 e. The minimum Gasteiger partial charge on any atom is -0.356 e. The first-order valence-electron chi connectivity index (χ1n) is 6.52. The largest absolute Gasteiger partial charge is 0.356 e. The Hall–Kier alpha value is -1.59. The third-order valence-electron chi connectivity index (χ3n) is 2.98. The van der Waals surface area contributed by atoms with Gasteiger partial charge in [0, 0.05) is 25.1 Å². The molecule has 2 N–H and O–H groups in total. The van der Waals surface area contributed by atoms with Crippen molar-refractivity contribution < 1.29 is 9.59 Å². The summed E-state index contributed by atoms with van der Waals surface area (Å²) in [4.78, 5) is 26.9. The maximum atomic E-state index is 11.8. The second-order valence-electron chi connectivity index (χ2n) is 4.53. The van der Waals surface area contributed by atoms with E-state index in [0.29, 0.717) is 24.4 Å². The van der Waals surface area contributed by atoms with Crippen LogP contribution < -0.4 is 10.6 Å². The van der Waals surface area contributed by atoms with Crippen molar-refractivity contribution in [3.63, 3.8) is 0 Å². The lowest BCUT2D eigenvalue weighted by Crippen LogP contribution is -2.43. The molecule has 0 radical (unpaired) electrons. The van der Waals surface area contributed by atoms with Crippen LogP contribution in [-0.4, -0.2) is 30.2 Å². The molecule has 0 spiro atoms. The first-order chi connectivity index (χ1) is 9.65. The van der Waals surface area contributed by atoms with Crippen LogP contribution in [0.3, 0.4) is 0 Å². The topological polar surface area (TPSA) is 70.6 Å². The third-order valence-corrected chi connectivity index (χ3v) is 3.19. The number of carbonyl (C=O) groups excluding carboxylic acids is 2. The van der Waals surface area contributed by atoms with E-state index in [4.69, 9.17) is 11.6 Å². The molecule has 1 amide bonds. The van der Waals surface area contributed by atoms with E-state index >= 15 is 0 Å². The number of nitrogens with one attached hydrogen (secondary N) is 2. The Morgan fingerprint density at radius 2 is 2.00 bits per heavy atom. The van der Waals surface area contributed by atoms with Crippen LogP contribution in [0.4, 0.5) is 0 Å². The molecule has 0 unspecified atom stereocenters. The zero-order valence-corrected chi connectivity index (χ0v) is 13.0. The molecule has 1 heterocycles. The average molecular weight is 330 g/mol. The molecule has 1 aromatic carbocycles. The fourth-order valence-corrected chi connectivity index (χ4v) is 2.00. The van der Waals surface area contributed by atoms with Crippen molar-refractivity contribution in [2.24, 2.45) is 4.99 Å². The molecule has 0 fully saturated rings. The Bertz CT molecular complexity index is 530. The van der Waals surface area contributed by atoms with Gasteiger partial charge in [0.1, 0.15) is 0 Å². The monoisotopic (exact) mass is 329 g/mol. The smallest absolute Gasteiger partial charge is 0.252 e. The lowest BCUT2D eigenvalue weighted by molar-refractivity contribution is -0.119. The molecular formula is C14H17Cl2N3O2. The third kappa shape index (κ3) is 5.73. The molecule has 0 saturated carbocycles. The van der Waals surface area contributed by atoms with Gasteiger partial charge in [0.25, 0.3) is 5.24 Å². The zero-order valence-electron chi connectivity index (χ0n) is 11.4. The molecule has 114 valence electrons. The molecule has 0 bridgehead atoms. The highest BCUT2D eigenvalue weighted by Gasteiger charge is 2.09. The first-order valence-corrected chi connectivity index (χ1v) is 6.90. The van der Waals surface area contributed by atoms with E-state index in [0.717, 1.165) is 25.1 Å². The van der Waals surface area contributed by atoms with E-state index in [2.05, 4.69) is 15.6 Å². The maximum absolute atomic E-state index is 11.8. The van der Waals surface area contributed by atoms with Crippen LogP contribution in [0.15, 0.2) is 29.3 Å². The first kappa shape index (κ1) is 17.5. The summed E-state index contributed by atoms with van der Waals surface area (Å²) in [6.45, 7) is 1.59. The van der Waals surface area contributed by atoms with Crippen LogP contribution in [0, 0.1) is 0 Å². The van der Waals surface area contributed by atoms with Crippen LogP contribution in [-0.2, 0) is 11.2 Å². The molecule has 0 aliphatic carbocycles. The molecule has 5 nitrogen and oxygen atoms in total. The molecule has 2 rings (SSSR count). The van der Waals surface area contributed by atoms with Gasteiger partial charge in [-0.15, -0.1) is 12.4 Å². The number of amides is 1. The predicted molar refractivity (Wildman–Crippen MR) is 85.3 cm³/mol. The van der Waals surface area contributed by atoms with E-state index in [9.17, 15) is 9.59 Å². The summed E-state index contributed by atoms with van der Waals surface area (Å²) < 4.78 is 0. The van der Waals surface area contributed by atoms with Gasteiger partial charge >= 0.3 is 0 Å². The normalized spacial score (nSPS) is 13.5. The number of rotatable bonds is 4. The van der Waals surface area contributed by atoms with Crippen molar-refractivity contribution in [3.8, 4) is 0 Å². The summed E-state index contributed by atoms with van der Waals surface area (Å²) in [7, 11) is 0. The predicted octanol–water partition coefficient (Wildman–Crippen LogP) is 1.89. The summed E-state index contributed by atoms with van der Waals surface area (Å²) in [6, 6.07) is 6.93. The summed E-state index contributed by atoms with van der Waals surface area (Å²) in [5.41, 5.74) is 1.45. The number of aryl methyl sites for hydroxylation is 1. The Morgan fingerprint density at radius 3 is 2.57 bits per heavy atom. The number of nitrogens with zero attached hydrogens (tertiary/aromatic N) is 1. The van der Waals surface area contributed by atoms with Gasteiger partial charge in [-0.2, -0.15) is 0 Å². The van der Waals surface area contributed by atoms with Crippen LogP contribution in [0.25, 0.3) is 0 Å². The van der Waals surface area contributed by atoms with Gasteiger partial charge in [-0.25, -0.2) is 0 Å². The number of carbonyl (C=O) groups is 2. The molecule has 0 aromatic heterocycles. The summed E-state index contributed by atoms with van der Waals surface area (Å²) >= 11 is 5.37. The Kier molecular flexibility index (Phi) is 7.19. The van der Waals surface area contributed by atoms with Gasteiger partial charge in [-0.3, -0.25) is 19.9 Å². The minimum absolute atomic E-state index is 0. The molecule has 1 aromatic rings. The van der Waals surface area contributed by atoms with Crippen LogP contribution >= 0.6 is 24.0 Å². The highest BCUT2D eigenvalue weighted by molar-refractivity contribution is 6.67. The van der Waals surface area contributed by atoms with Crippen molar-refractivity contribution in [1.82, 2.24) is 10.6 Å². The molecular weight excluding hydrogens is 313 g/mol. The average Bonchev–Trinajstić information content (AvgIpc) is 2.46. The van der Waals surface area contributed by atoms with Crippen molar-refractivity contribution in [2.75, 3.05) is 13.1 Å². The van der Waals surface area contributed by atoms with Crippen LogP contribution in [0.1, 0.15) is 28.8 Å². The van der Waals surface area contributed by atoms with Crippen molar-refractivity contribution in [2.45, 2.75) is 19.3 Å². The minimum atomic E-state index is -0.476. The number of halogens is 2. The van der Waals surface area contributed by atoms with Gasteiger partial charge in [0.05, 0.1) is 0 Å². The van der Waals surface area contributed by atoms with Gasteiger partial charge in [-0.1, -0.05) is 12.1 Å². The van der Waals surface area contributed by atoms with Gasteiger partial charge < -0.3 is 5.32 Å². The van der Waals surface area contributed by atoms with Crippen LogP contribution in [0.2, 0.25) is 0 Å². The number of guanidine groups is 1. The number of hydrogen-bond donors (Lipinski definition) is 2. The van der Waals surface area contributed by atoms with Crippen molar-refractivity contribution in [3.05, 3.63) is 35.4 Å². The second-order valence-corrected chi connectivity index (χ2v) is 4.87. The van der Waals surface area contributed by atoms with E-state index < -0.39 is 5.24 Å². The highest BCUT2D eigenvalue weighted by Crippen LogP contribution is 2.08. The fourth-order valence-electron chi connectivity index (χ4n) is 1.87. The number of aliphatic imine (C=N–C) groups is 1. The van der Waals surface area contributed by atoms with E-state index in [1.165, 1.54) is 0 Å². The number of benzene rings is 1. The highest BCUT2D eigenvalue weighted by atomic mass is 35.5. The van der Waals surface area contributed by atoms with Crippen molar-refractivity contribution in [1.29, 1.82) is 0 Å². The van der Waals surface area contributed by atoms with E-state index in [1.54, 1.807) is 24.3 Å². The molecule has 7 heteroatoms. The van der Waals surface area contributed by atoms with Gasteiger partial charge in [-0.05, 0) is 42.1 Å². The van der Waals surface area contributed by atoms with E-state index in [-0.39, 0.29) is 18.3 Å². The summed E-state index contributed by atoms with van der Waals surface area (Å²) in [5, 5.41) is 5.30. The molecule has 0 atom stereocenters. The zero-order chi connectivity index (χ0) is 14.4. The number of hydrogen-bond acceptors (Lipinski definition) is 4. The Morgan fingerprint density at radius 1 is 1.29 bits per heavy atom. The van der Waals surface area contributed by atoms with Crippen molar-refractivity contribution >= 4 is 41.1 Å².